The molecule has 1 amide bonds. The lowest BCUT2D eigenvalue weighted by molar-refractivity contribution is -0.121. The van der Waals surface area contributed by atoms with Gasteiger partial charge in [0, 0.05) is 5.54 Å². The van der Waals surface area contributed by atoms with Crippen LogP contribution in [0.3, 0.4) is 0 Å². The summed E-state index contributed by atoms with van der Waals surface area (Å²) in [5.74, 6) is -1.99. The zero-order valence-electron chi connectivity index (χ0n) is 11.7. The fraction of sp³-hybridized carbons (Fsp3) is 0.500. The molecule has 0 saturated carbocycles. The highest BCUT2D eigenvalue weighted by Gasteiger charge is 2.14. The molecule has 5 heteroatoms. The summed E-state index contributed by atoms with van der Waals surface area (Å²) in [5, 5.41) is 5.78. The second-order valence-corrected chi connectivity index (χ2v) is 5.57. The van der Waals surface area contributed by atoms with Gasteiger partial charge in [-0.15, -0.1) is 0 Å². The van der Waals surface area contributed by atoms with Gasteiger partial charge < -0.3 is 10.6 Å². The van der Waals surface area contributed by atoms with Crippen molar-refractivity contribution in [3.8, 4) is 0 Å². The van der Waals surface area contributed by atoms with E-state index in [4.69, 9.17) is 0 Å². The van der Waals surface area contributed by atoms with Gasteiger partial charge in [0.2, 0.25) is 5.91 Å². The van der Waals surface area contributed by atoms with Gasteiger partial charge >= 0.3 is 0 Å². The highest BCUT2D eigenvalue weighted by atomic mass is 19.2. The first kappa shape index (κ1) is 15.6. The number of rotatable bonds is 4. The van der Waals surface area contributed by atoms with Crippen LogP contribution in [0.4, 0.5) is 8.78 Å². The summed E-state index contributed by atoms with van der Waals surface area (Å²) in [5.41, 5.74) is 0.380. The third kappa shape index (κ3) is 5.34. The highest BCUT2D eigenvalue weighted by Crippen LogP contribution is 2.15. The summed E-state index contributed by atoms with van der Waals surface area (Å²) in [6.07, 6.45) is 0. The van der Waals surface area contributed by atoms with Crippen LogP contribution in [-0.4, -0.2) is 18.0 Å². The summed E-state index contributed by atoms with van der Waals surface area (Å²) >= 11 is 0. The molecule has 0 bridgehead atoms. The van der Waals surface area contributed by atoms with Gasteiger partial charge in [-0.3, -0.25) is 4.79 Å². The number of nitrogens with one attached hydrogen (secondary N) is 2. The Hall–Kier alpha value is -1.49. The van der Waals surface area contributed by atoms with Crippen molar-refractivity contribution in [2.24, 2.45) is 0 Å². The van der Waals surface area contributed by atoms with E-state index in [0.29, 0.717) is 5.56 Å². The van der Waals surface area contributed by atoms with E-state index in [1.54, 1.807) is 6.92 Å². The Morgan fingerprint density at radius 2 is 1.89 bits per heavy atom. The van der Waals surface area contributed by atoms with Gasteiger partial charge in [-0.2, -0.15) is 0 Å². The quantitative estimate of drug-likeness (QED) is 0.882. The Morgan fingerprint density at radius 1 is 1.26 bits per heavy atom. The van der Waals surface area contributed by atoms with Gasteiger partial charge in [0.25, 0.3) is 0 Å². The van der Waals surface area contributed by atoms with Crippen LogP contribution in [0.15, 0.2) is 18.2 Å². The van der Waals surface area contributed by atoms with Crippen LogP contribution in [0.25, 0.3) is 0 Å². The summed E-state index contributed by atoms with van der Waals surface area (Å²) in [6, 6.07) is 3.24. The van der Waals surface area contributed by atoms with Gasteiger partial charge in [0.05, 0.1) is 12.6 Å². The average molecular weight is 270 g/mol. The Kier molecular flexibility index (Phi) is 5.00. The van der Waals surface area contributed by atoms with Gasteiger partial charge in [-0.25, -0.2) is 8.78 Å². The SMILES string of the molecule is CC(NC(=O)CNC(C)(C)C)c1ccc(F)c(F)c1. The van der Waals surface area contributed by atoms with Crippen molar-refractivity contribution in [2.75, 3.05) is 6.54 Å². The maximum absolute atomic E-state index is 13.1. The van der Waals surface area contributed by atoms with Crippen molar-refractivity contribution >= 4 is 5.91 Å². The number of halogens is 2. The van der Waals surface area contributed by atoms with Crippen molar-refractivity contribution in [2.45, 2.75) is 39.3 Å². The molecular formula is C14H20F2N2O. The van der Waals surface area contributed by atoms with Crippen LogP contribution >= 0.6 is 0 Å². The van der Waals surface area contributed by atoms with Crippen molar-refractivity contribution in [3.63, 3.8) is 0 Å². The zero-order chi connectivity index (χ0) is 14.6. The molecule has 2 N–H and O–H groups in total. The molecule has 0 aliphatic carbocycles. The van der Waals surface area contributed by atoms with Crippen molar-refractivity contribution in [3.05, 3.63) is 35.4 Å². The second kappa shape index (κ2) is 6.10. The Labute approximate surface area is 112 Å². The molecule has 0 saturated heterocycles. The van der Waals surface area contributed by atoms with Crippen LogP contribution in [0.1, 0.15) is 39.3 Å². The number of amides is 1. The number of hydrogen-bond acceptors (Lipinski definition) is 2. The molecule has 0 spiro atoms. The van der Waals surface area contributed by atoms with E-state index in [1.165, 1.54) is 6.07 Å². The lowest BCUT2D eigenvalue weighted by atomic mass is 10.1. The first-order valence-electron chi connectivity index (χ1n) is 6.18. The van der Waals surface area contributed by atoms with Crippen LogP contribution in [0.2, 0.25) is 0 Å². The fourth-order valence-corrected chi connectivity index (χ4v) is 1.50. The number of carbonyl (C=O) groups excluding carboxylic acids is 1. The van der Waals surface area contributed by atoms with Crippen molar-refractivity contribution in [1.82, 2.24) is 10.6 Å². The number of benzene rings is 1. The number of carbonyl (C=O) groups is 1. The standard InChI is InChI=1S/C14H20F2N2O/c1-9(10-5-6-11(15)12(16)7-10)18-13(19)8-17-14(2,3)4/h5-7,9,17H,8H2,1-4H3,(H,18,19). The fourth-order valence-electron chi connectivity index (χ4n) is 1.50. The van der Waals surface area contributed by atoms with E-state index in [0.717, 1.165) is 12.1 Å². The van der Waals surface area contributed by atoms with E-state index in [9.17, 15) is 13.6 Å². The molecule has 0 aliphatic heterocycles. The molecule has 3 nitrogen and oxygen atoms in total. The largest absolute Gasteiger partial charge is 0.348 e. The molecule has 0 aliphatic rings. The summed E-state index contributed by atoms with van der Waals surface area (Å²) in [4.78, 5) is 11.7. The third-order valence-electron chi connectivity index (χ3n) is 2.60. The topological polar surface area (TPSA) is 41.1 Å². The molecule has 1 unspecified atom stereocenters. The lowest BCUT2D eigenvalue weighted by Crippen LogP contribution is -2.43. The first-order valence-corrected chi connectivity index (χ1v) is 6.18. The predicted molar refractivity (Wildman–Crippen MR) is 70.7 cm³/mol. The number of hydrogen-bond donors (Lipinski definition) is 2. The van der Waals surface area contributed by atoms with Gasteiger partial charge in [0.15, 0.2) is 11.6 Å². The van der Waals surface area contributed by atoms with E-state index >= 15 is 0 Å². The molecule has 0 fully saturated rings. The molecule has 0 heterocycles. The van der Waals surface area contributed by atoms with E-state index < -0.39 is 11.6 Å². The Morgan fingerprint density at radius 3 is 2.42 bits per heavy atom. The molecule has 19 heavy (non-hydrogen) atoms. The minimum absolute atomic E-state index is 0.150. The average Bonchev–Trinajstić information content (AvgIpc) is 2.29. The van der Waals surface area contributed by atoms with Gasteiger partial charge in [0.1, 0.15) is 0 Å². The molecule has 1 aromatic rings. The van der Waals surface area contributed by atoms with E-state index in [2.05, 4.69) is 10.6 Å². The van der Waals surface area contributed by atoms with E-state index in [-0.39, 0.29) is 24.0 Å². The highest BCUT2D eigenvalue weighted by molar-refractivity contribution is 5.78. The lowest BCUT2D eigenvalue weighted by Gasteiger charge is -2.21. The molecule has 0 aromatic heterocycles. The first-order chi connectivity index (χ1) is 8.69. The Bertz CT molecular complexity index is 455. The molecular weight excluding hydrogens is 250 g/mol. The van der Waals surface area contributed by atoms with Crippen LogP contribution < -0.4 is 10.6 Å². The van der Waals surface area contributed by atoms with Gasteiger partial charge in [-0.05, 0) is 45.4 Å². The van der Waals surface area contributed by atoms with Crippen LogP contribution in [-0.2, 0) is 4.79 Å². The van der Waals surface area contributed by atoms with Gasteiger partial charge in [-0.1, -0.05) is 6.07 Å². The minimum atomic E-state index is -0.911. The second-order valence-electron chi connectivity index (χ2n) is 5.57. The van der Waals surface area contributed by atoms with Crippen LogP contribution in [0, 0.1) is 11.6 Å². The minimum Gasteiger partial charge on any atom is -0.348 e. The molecule has 0 radical (unpaired) electrons. The maximum Gasteiger partial charge on any atom is 0.234 e. The van der Waals surface area contributed by atoms with Crippen molar-refractivity contribution < 1.29 is 13.6 Å². The smallest absolute Gasteiger partial charge is 0.234 e. The summed E-state index contributed by atoms with van der Waals surface area (Å²) in [6.45, 7) is 7.77. The molecule has 1 rings (SSSR count). The molecule has 1 aromatic carbocycles. The van der Waals surface area contributed by atoms with Crippen molar-refractivity contribution in [1.29, 1.82) is 0 Å². The maximum atomic E-state index is 13.1. The summed E-state index contributed by atoms with van der Waals surface area (Å²) in [7, 11) is 0. The molecule has 1 atom stereocenters. The van der Waals surface area contributed by atoms with E-state index in [1.807, 2.05) is 20.8 Å². The molecule has 106 valence electrons. The third-order valence-corrected chi connectivity index (χ3v) is 2.60. The summed E-state index contributed by atoms with van der Waals surface area (Å²) < 4.78 is 25.9. The Balaban J connectivity index is 2.56. The monoisotopic (exact) mass is 270 g/mol. The predicted octanol–water partition coefficient (Wildman–Crippen LogP) is 2.53. The zero-order valence-corrected chi connectivity index (χ0v) is 11.7. The van der Waals surface area contributed by atoms with Crippen LogP contribution in [0.5, 0.6) is 0 Å². The normalized spacial score (nSPS) is 13.2.